The minimum Gasteiger partial charge on any atom is -0.497 e. The Morgan fingerprint density at radius 3 is 2.37 bits per heavy atom. The molecule has 3 nitrogen and oxygen atoms in total. The van der Waals surface area contributed by atoms with Gasteiger partial charge in [-0.25, -0.2) is 0 Å². The fourth-order valence-corrected chi connectivity index (χ4v) is 2.04. The maximum Gasteiger partial charge on any atom is 0.119 e. The van der Waals surface area contributed by atoms with Gasteiger partial charge in [-0.1, -0.05) is 12.1 Å². The predicted octanol–water partition coefficient (Wildman–Crippen LogP) is 3.22. The van der Waals surface area contributed by atoms with Crippen molar-refractivity contribution in [1.29, 1.82) is 0 Å². The molecule has 0 bridgehead atoms. The molecule has 19 heavy (non-hydrogen) atoms. The fraction of sp³-hybridized carbons (Fsp3) is 0.250. The number of benzene rings is 2. The Labute approximate surface area is 114 Å². The van der Waals surface area contributed by atoms with Crippen LogP contribution >= 0.6 is 0 Å². The normalized spacial score (nSPS) is 10.3. The number of nitrogen functional groups attached to an aromatic ring is 1. The van der Waals surface area contributed by atoms with Crippen molar-refractivity contribution in [2.24, 2.45) is 0 Å². The third-order valence-corrected chi connectivity index (χ3v) is 3.27. The molecule has 2 rings (SSSR count). The molecule has 2 N–H and O–H groups in total. The van der Waals surface area contributed by atoms with Crippen LogP contribution in [0.1, 0.15) is 11.1 Å². The van der Waals surface area contributed by atoms with E-state index in [-0.39, 0.29) is 0 Å². The molecule has 2 aromatic carbocycles. The minimum absolute atomic E-state index is 0.843. The molecule has 100 valence electrons. The van der Waals surface area contributed by atoms with Crippen molar-refractivity contribution in [3.05, 3.63) is 53.6 Å². The Hall–Kier alpha value is -2.16. The largest absolute Gasteiger partial charge is 0.497 e. The average molecular weight is 256 g/mol. The summed E-state index contributed by atoms with van der Waals surface area (Å²) in [5, 5.41) is 0. The van der Waals surface area contributed by atoms with Crippen LogP contribution in [0.2, 0.25) is 0 Å². The predicted molar refractivity (Wildman–Crippen MR) is 80.7 cm³/mol. The van der Waals surface area contributed by atoms with E-state index in [1.54, 1.807) is 7.11 Å². The van der Waals surface area contributed by atoms with E-state index in [4.69, 9.17) is 10.5 Å². The highest BCUT2D eigenvalue weighted by Gasteiger charge is 2.04. The zero-order valence-corrected chi connectivity index (χ0v) is 11.7. The molecule has 0 radical (unpaired) electrons. The van der Waals surface area contributed by atoms with E-state index < -0.39 is 0 Å². The molecule has 0 unspecified atom stereocenters. The Morgan fingerprint density at radius 1 is 1.11 bits per heavy atom. The summed E-state index contributed by atoms with van der Waals surface area (Å²) in [5.74, 6) is 0.875. The van der Waals surface area contributed by atoms with Crippen molar-refractivity contribution in [2.45, 2.75) is 13.5 Å². The molecular weight excluding hydrogens is 236 g/mol. The third kappa shape index (κ3) is 3.19. The minimum atomic E-state index is 0.843. The lowest BCUT2D eigenvalue weighted by atomic mass is 10.1. The molecule has 0 spiro atoms. The van der Waals surface area contributed by atoms with Crippen LogP contribution in [0.5, 0.6) is 5.75 Å². The van der Waals surface area contributed by atoms with E-state index in [0.717, 1.165) is 29.2 Å². The number of aryl methyl sites for hydroxylation is 1. The first kappa shape index (κ1) is 13.3. The van der Waals surface area contributed by atoms with E-state index in [2.05, 4.69) is 36.2 Å². The fourth-order valence-electron chi connectivity index (χ4n) is 2.04. The molecule has 0 saturated heterocycles. The van der Waals surface area contributed by atoms with Gasteiger partial charge >= 0.3 is 0 Å². The van der Waals surface area contributed by atoms with Crippen LogP contribution in [0.3, 0.4) is 0 Å². The van der Waals surface area contributed by atoms with Crippen LogP contribution in [-0.2, 0) is 6.54 Å². The van der Waals surface area contributed by atoms with Gasteiger partial charge in [-0.15, -0.1) is 0 Å². The molecule has 2 aromatic rings. The van der Waals surface area contributed by atoms with Gasteiger partial charge in [-0.2, -0.15) is 0 Å². The second-order valence-corrected chi connectivity index (χ2v) is 4.75. The Balaban J connectivity index is 2.10. The molecule has 0 aliphatic carbocycles. The molecule has 0 fully saturated rings. The van der Waals surface area contributed by atoms with Crippen LogP contribution in [0.4, 0.5) is 11.4 Å². The monoisotopic (exact) mass is 256 g/mol. The molecule has 0 atom stereocenters. The van der Waals surface area contributed by atoms with Crippen molar-refractivity contribution in [1.82, 2.24) is 0 Å². The van der Waals surface area contributed by atoms with Crippen molar-refractivity contribution >= 4 is 11.4 Å². The SMILES string of the molecule is COc1ccc(N(C)Cc2ccc(N)c(C)c2)cc1. The topological polar surface area (TPSA) is 38.5 Å². The van der Waals surface area contributed by atoms with Crippen LogP contribution in [0.25, 0.3) is 0 Å². The smallest absolute Gasteiger partial charge is 0.119 e. The summed E-state index contributed by atoms with van der Waals surface area (Å²) in [5.41, 5.74) is 10.2. The van der Waals surface area contributed by atoms with Gasteiger partial charge in [0.1, 0.15) is 5.75 Å². The maximum atomic E-state index is 5.84. The van der Waals surface area contributed by atoms with Gasteiger partial charge in [0, 0.05) is 25.0 Å². The van der Waals surface area contributed by atoms with Gasteiger partial charge in [0.2, 0.25) is 0 Å². The lowest BCUT2D eigenvalue weighted by Crippen LogP contribution is -2.16. The Kier molecular flexibility index (Phi) is 3.95. The number of hydrogen-bond donors (Lipinski definition) is 1. The summed E-state index contributed by atoms with van der Waals surface area (Å²) in [6.07, 6.45) is 0. The van der Waals surface area contributed by atoms with Crippen LogP contribution in [0, 0.1) is 6.92 Å². The van der Waals surface area contributed by atoms with E-state index in [0.29, 0.717) is 0 Å². The second-order valence-electron chi connectivity index (χ2n) is 4.75. The molecular formula is C16H20N2O. The van der Waals surface area contributed by atoms with Crippen LogP contribution in [0.15, 0.2) is 42.5 Å². The lowest BCUT2D eigenvalue weighted by Gasteiger charge is -2.20. The summed E-state index contributed by atoms with van der Waals surface area (Å²) in [4.78, 5) is 2.20. The molecule has 3 heteroatoms. The molecule has 0 amide bonds. The highest BCUT2D eigenvalue weighted by molar-refractivity contribution is 5.51. The van der Waals surface area contributed by atoms with E-state index in [9.17, 15) is 0 Å². The first-order chi connectivity index (χ1) is 9.10. The average Bonchev–Trinajstić information content (AvgIpc) is 2.43. The first-order valence-corrected chi connectivity index (χ1v) is 6.30. The lowest BCUT2D eigenvalue weighted by molar-refractivity contribution is 0.415. The molecule has 0 aliphatic heterocycles. The highest BCUT2D eigenvalue weighted by Crippen LogP contribution is 2.21. The molecule has 0 saturated carbocycles. The number of hydrogen-bond acceptors (Lipinski definition) is 3. The van der Waals surface area contributed by atoms with Crippen LogP contribution < -0.4 is 15.4 Å². The van der Waals surface area contributed by atoms with Gasteiger partial charge < -0.3 is 15.4 Å². The molecule has 0 aliphatic rings. The van der Waals surface area contributed by atoms with Gasteiger partial charge in [0.15, 0.2) is 0 Å². The summed E-state index contributed by atoms with van der Waals surface area (Å²) in [7, 11) is 3.75. The zero-order valence-electron chi connectivity index (χ0n) is 11.7. The van der Waals surface area contributed by atoms with Crippen molar-refractivity contribution < 1.29 is 4.74 Å². The van der Waals surface area contributed by atoms with Crippen molar-refractivity contribution in [3.8, 4) is 5.75 Å². The van der Waals surface area contributed by atoms with Crippen molar-refractivity contribution in [2.75, 3.05) is 24.8 Å². The third-order valence-electron chi connectivity index (χ3n) is 3.27. The standard InChI is InChI=1S/C16H20N2O/c1-12-10-13(4-9-16(12)17)11-18(2)14-5-7-15(19-3)8-6-14/h4-10H,11,17H2,1-3H3. The van der Waals surface area contributed by atoms with Gasteiger partial charge in [0.25, 0.3) is 0 Å². The van der Waals surface area contributed by atoms with Crippen LogP contribution in [-0.4, -0.2) is 14.2 Å². The number of rotatable bonds is 4. The van der Waals surface area contributed by atoms with Gasteiger partial charge in [0.05, 0.1) is 7.11 Å². The first-order valence-electron chi connectivity index (χ1n) is 6.30. The molecule has 0 aromatic heterocycles. The summed E-state index contributed by atoms with van der Waals surface area (Å²) in [6, 6.07) is 14.2. The highest BCUT2D eigenvalue weighted by atomic mass is 16.5. The van der Waals surface area contributed by atoms with Gasteiger partial charge in [-0.05, 0) is 48.4 Å². The van der Waals surface area contributed by atoms with Crippen molar-refractivity contribution in [3.63, 3.8) is 0 Å². The van der Waals surface area contributed by atoms with E-state index in [1.165, 1.54) is 5.56 Å². The quantitative estimate of drug-likeness (QED) is 0.854. The molecule has 0 heterocycles. The summed E-state index contributed by atoms with van der Waals surface area (Å²) < 4.78 is 5.16. The summed E-state index contributed by atoms with van der Waals surface area (Å²) >= 11 is 0. The van der Waals surface area contributed by atoms with E-state index in [1.807, 2.05) is 25.1 Å². The number of nitrogens with two attached hydrogens (primary N) is 1. The Morgan fingerprint density at radius 2 is 1.79 bits per heavy atom. The summed E-state index contributed by atoms with van der Waals surface area (Å²) in [6.45, 7) is 2.89. The number of methoxy groups -OCH3 is 1. The second kappa shape index (κ2) is 5.65. The Bertz CT molecular complexity index is 549. The van der Waals surface area contributed by atoms with Gasteiger partial charge in [-0.3, -0.25) is 0 Å². The zero-order chi connectivity index (χ0) is 13.8. The van der Waals surface area contributed by atoms with E-state index >= 15 is 0 Å². The number of ether oxygens (including phenoxy) is 1. The number of nitrogens with zero attached hydrogens (tertiary/aromatic N) is 1. The maximum absolute atomic E-state index is 5.84. The number of anilines is 2.